The highest BCUT2D eigenvalue weighted by Crippen LogP contribution is 2.27. The molecule has 7 heteroatoms. The Morgan fingerprint density at radius 1 is 1.23 bits per heavy atom. The van der Waals surface area contributed by atoms with Crippen LogP contribution in [0.1, 0.15) is 16.2 Å². The number of nitrogens with zero attached hydrogens (tertiary/aromatic N) is 3. The Morgan fingerprint density at radius 3 is 2.68 bits per heavy atom. The number of carbonyl (C=O) groups is 1. The number of pyridine rings is 1. The molecule has 0 unspecified atom stereocenters. The lowest BCUT2D eigenvalue weighted by molar-refractivity contribution is 0.102. The van der Waals surface area contributed by atoms with Crippen LogP contribution in [0, 0.1) is 6.92 Å². The maximum atomic E-state index is 12.0. The first-order chi connectivity index (χ1) is 10.6. The van der Waals surface area contributed by atoms with Crippen molar-refractivity contribution in [2.75, 3.05) is 5.32 Å². The molecular formula is C15H12ClN5O. The van der Waals surface area contributed by atoms with Gasteiger partial charge in [-0.15, -0.1) is 5.10 Å². The maximum absolute atomic E-state index is 12.0. The monoisotopic (exact) mass is 313 g/mol. The van der Waals surface area contributed by atoms with Crippen molar-refractivity contribution in [3.05, 3.63) is 59.0 Å². The van der Waals surface area contributed by atoms with Crippen LogP contribution in [-0.2, 0) is 0 Å². The molecule has 22 heavy (non-hydrogen) atoms. The van der Waals surface area contributed by atoms with Crippen molar-refractivity contribution in [3.63, 3.8) is 0 Å². The molecule has 2 heterocycles. The Labute approximate surface area is 131 Å². The third-order valence-electron chi connectivity index (χ3n) is 3.14. The second-order valence-corrected chi connectivity index (χ2v) is 5.05. The summed E-state index contributed by atoms with van der Waals surface area (Å²) in [6.45, 7) is 1.70. The first kappa shape index (κ1) is 14.2. The number of amides is 1. The van der Waals surface area contributed by atoms with Crippen molar-refractivity contribution >= 4 is 23.3 Å². The van der Waals surface area contributed by atoms with Gasteiger partial charge in [0.2, 0.25) is 0 Å². The number of benzene rings is 1. The van der Waals surface area contributed by atoms with Crippen molar-refractivity contribution in [2.24, 2.45) is 0 Å². The average Bonchev–Trinajstić information content (AvgIpc) is 2.95. The van der Waals surface area contributed by atoms with Gasteiger partial charge in [0, 0.05) is 22.3 Å². The van der Waals surface area contributed by atoms with Gasteiger partial charge in [-0.2, -0.15) is 0 Å². The standard InChI is InChI=1S/C15H12ClN5O/c1-9-14(20-21-19-9)15(22)18-13-7-6-10(8-17-13)11-4-2-3-5-12(11)16/h2-8H,1H3,(H,17,18,22)(H,19,20,21). The van der Waals surface area contributed by atoms with E-state index in [0.717, 1.165) is 11.1 Å². The molecule has 3 aromatic rings. The number of nitrogens with one attached hydrogen (secondary N) is 2. The number of halogens is 1. The topological polar surface area (TPSA) is 83.6 Å². The number of aryl methyl sites for hydroxylation is 1. The van der Waals surface area contributed by atoms with E-state index in [0.29, 0.717) is 22.2 Å². The number of aromatic nitrogens is 4. The molecule has 1 aromatic carbocycles. The second-order valence-electron chi connectivity index (χ2n) is 4.64. The van der Waals surface area contributed by atoms with Crippen molar-refractivity contribution in [1.29, 1.82) is 0 Å². The first-order valence-electron chi connectivity index (χ1n) is 6.55. The SMILES string of the molecule is Cc1nn[nH]c1C(=O)Nc1ccc(-c2ccccc2Cl)cn1. The smallest absolute Gasteiger partial charge is 0.276 e. The molecule has 0 bridgehead atoms. The number of carbonyl (C=O) groups excluding carboxylic acids is 1. The van der Waals surface area contributed by atoms with Gasteiger partial charge in [0.1, 0.15) is 11.5 Å². The van der Waals surface area contributed by atoms with Crippen molar-refractivity contribution in [1.82, 2.24) is 20.4 Å². The van der Waals surface area contributed by atoms with Crippen LogP contribution in [0.25, 0.3) is 11.1 Å². The van der Waals surface area contributed by atoms with Crippen molar-refractivity contribution in [2.45, 2.75) is 6.92 Å². The highest BCUT2D eigenvalue weighted by molar-refractivity contribution is 6.33. The number of aromatic amines is 1. The molecule has 1 amide bonds. The third-order valence-corrected chi connectivity index (χ3v) is 3.47. The summed E-state index contributed by atoms with van der Waals surface area (Å²) in [7, 11) is 0. The summed E-state index contributed by atoms with van der Waals surface area (Å²) in [5.41, 5.74) is 2.62. The van der Waals surface area contributed by atoms with Gasteiger partial charge in [-0.05, 0) is 25.1 Å². The van der Waals surface area contributed by atoms with E-state index in [1.54, 1.807) is 19.2 Å². The van der Waals surface area contributed by atoms with E-state index in [1.807, 2.05) is 30.3 Å². The molecule has 110 valence electrons. The van der Waals surface area contributed by atoms with E-state index < -0.39 is 0 Å². The van der Waals surface area contributed by atoms with Gasteiger partial charge in [0.25, 0.3) is 5.91 Å². The molecule has 0 saturated heterocycles. The zero-order valence-electron chi connectivity index (χ0n) is 11.7. The fourth-order valence-electron chi connectivity index (χ4n) is 2.00. The number of hydrogen-bond acceptors (Lipinski definition) is 4. The van der Waals surface area contributed by atoms with E-state index in [-0.39, 0.29) is 5.91 Å². The van der Waals surface area contributed by atoms with Crippen LogP contribution >= 0.6 is 11.6 Å². The zero-order chi connectivity index (χ0) is 15.5. The van der Waals surface area contributed by atoms with Crippen LogP contribution < -0.4 is 5.32 Å². The van der Waals surface area contributed by atoms with E-state index in [1.165, 1.54) is 0 Å². The van der Waals surface area contributed by atoms with Crippen LogP contribution in [0.3, 0.4) is 0 Å². The van der Waals surface area contributed by atoms with Gasteiger partial charge < -0.3 is 5.32 Å². The van der Waals surface area contributed by atoms with Gasteiger partial charge in [0.05, 0.1) is 5.69 Å². The molecule has 2 aromatic heterocycles. The predicted molar refractivity (Wildman–Crippen MR) is 83.8 cm³/mol. The number of hydrogen-bond donors (Lipinski definition) is 2. The molecule has 6 nitrogen and oxygen atoms in total. The molecule has 0 spiro atoms. The van der Waals surface area contributed by atoms with E-state index in [9.17, 15) is 4.79 Å². The number of rotatable bonds is 3. The fourth-order valence-corrected chi connectivity index (χ4v) is 2.24. The average molecular weight is 314 g/mol. The lowest BCUT2D eigenvalue weighted by atomic mass is 10.1. The molecule has 0 radical (unpaired) electrons. The van der Waals surface area contributed by atoms with Crippen LogP contribution in [0.2, 0.25) is 5.02 Å². The van der Waals surface area contributed by atoms with Crippen LogP contribution in [0.15, 0.2) is 42.6 Å². The highest BCUT2D eigenvalue weighted by atomic mass is 35.5. The summed E-state index contributed by atoms with van der Waals surface area (Å²) in [6.07, 6.45) is 1.66. The lowest BCUT2D eigenvalue weighted by Gasteiger charge is -2.06. The van der Waals surface area contributed by atoms with E-state index in [2.05, 4.69) is 25.7 Å². The molecule has 0 saturated carbocycles. The Balaban J connectivity index is 1.79. The quantitative estimate of drug-likeness (QED) is 0.778. The van der Waals surface area contributed by atoms with Gasteiger partial charge in [-0.25, -0.2) is 4.98 Å². The van der Waals surface area contributed by atoms with E-state index >= 15 is 0 Å². The maximum Gasteiger partial charge on any atom is 0.276 e. The third kappa shape index (κ3) is 2.82. The molecule has 0 aliphatic heterocycles. The highest BCUT2D eigenvalue weighted by Gasteiger charge is 2.13. The summed E-state index contributed by atoms with van der Waals surface area (Å²) < 4.78 is 0. The first-order valence-corrected chi connectivity index (χ1v) is 6.93. The molecule has 0 atom stereocenters. The number of anilines is 1. The lowest BCUT2D eigenvalue weighted by Crippen LogP contribution is -2.14. The zero-order valence-corrected chi connectivity index (χ0v) is 12.4. The summed E-state index contributed by atoms with van der Waals surface area (Å²) in [6, 6.07) is 11.1. The Hall–Kier alpha value is -2.73. The Morgan fingerprint density at radius 2 is 2.05 bits per heavy atom. The van der Waals surface area contributed by atoms with Crippen molar-refractivity contribution < 1.29 is 4.79 Å². The summed E-state index contributed by atoms with van der Waals surface area (Å²) in [5, 5.41) is 13.2. The summed E-state index contributed by atoms with van der Waals surface area (Å²) in [5.74, 6) is 0.107. The molecule has 0 fully saturated rings. The summed E-state index contributed by atoms with van der Waals surface area (Å²) in [4.78, 5) is 16.3. The molecule has 0 aliphatic carbocycles. The normalized spacial score (nSPS) is 10.5. The minimum atomic E-state index is -0.333. The van der Waals surface area contributed by atoms with Crippen molar-refractivity contribution in [3.8, 4) is 11.1 Å². The van der Waals surface area contributed by atoms with Crippen LogP contribution in [0.4, 0.5) is 5.82 Å². The Bertz CT molecular complexity index is 813. The van der Waals surface area contributed by atoms with Crippen LogP contribution in [-0.4, -0.2) is 26.3 Å². The van der Waals surface area contributed by atoms with Crippen LogP contribution in [0.5, 0.6) is 0 Å². The van der Waals surface area contributed by atoms with Gasteiger partial charge in [0.15, 0.2) is 0 Å². The van der Waals surface area contributed by atoms with E-state index in [4.69, 9.17) is 11.6 Å². The van der Waals surface area contributed by atoms with Gasteiger partial charge in [-0.1, -0.05) is 35.0 Å². The number of H-pyrrole nitrogens is 1. The van der Waals surface area contributed by atoms with Gasteiger partial charge >= 0.3 is 0 Å². The predicted octanol–water partition coefficient (Wildman–Crippen LogP) is 3.08. The molecular weight excluding hydrogens is 302 g/mol. The fraction of sp³-hybridized carbons (Fsp3) is 0.0667. The minimum Gasteiger partial charge on any atom is -0.305 e. The molecule has 3 rings (SSSR count). The Kier molecular flexibility index (Phi) is 3.84. The molecule has 2 N–H and O–H groups in total. The minimum absolute atomic E-state index is 0.317. The largest absolute Gasteiger partial charge is 0.305 e. The second kappa shape index (κ2) is 5.95. The summed E-state index contributed by atoms with van der Waals surface area (Å²) >= 11 is 6.15. The van der Waals surface area contributed by atoms with Gasteiger partial charge in [-0.3, -0.25) is 9.89 Å². The molecule has 0 aliphatic rings.